The van der Waals surface area contributed by atoms with Crippen molar-refractivity contribution in [1.29, 1.82) is 0 Å². The average Bonchev–Trinajstić information content (AvgIpc) is 3.69. The Labute approximate surface area is 317 Å². The van der Waals surface area contributed by atoms with Crippen LogP contribution in [-0.4, -0.2) is 24.1 Å². The van der Waals surface area contributed by atoms with Crippen molar-refractivity contribution in [3.63, 3.8) is 0 Å². The number of aromatic nitrogens is 5. The van der Waals surface area contributed by atoms with Crippen LogP contribution in [0.2, 0.25) is 0 Å². The molecule has 9 rings (SSSR count). The van der Waals surface area contributed by atoms with Crippen molar-refractivity contribution in [2.24, 2.45) is 0 Å². The topological polar surface area (TPSA) is 48.5 Å². The summed E-state index contributed by atoms with van der Waals surface area (Å²) in [5.41, 5.74) is 9.97. The van der Waals surface area contributed by atoms with Crippen LogP contribution in [0.5, 0.6) is 0 Å². The maximum absolute atomic E-state index is 5.39. The second-order valence-corrected chi connectivity index (χ2v) is 16.7. The maximum Gasteiger partial charge on any atom is 0.165 e. The van der Waals surface area contributed by atoms with Crippen LogP contribution in [0.4, 0.5) is 0 Å². The van der Waals surface area contributed by atoms with Crippen LogP contribution in [0.15, 0.2) is 109 Å². The quantitative estimate of drug-likeness (QED) is 0.179. The minimum atomic E-state index is -0.314. The highest BCUT2D eigenvalue weighted by Crippen LogP contribution is 2.39. The van der Waals surface area contributed by atoms with Gasteiger partial charge in [0.2, 0.25) is 0 Å². The number of aryl methyl sites for hydroxylation is 1. The maximum atomic E-state index is 5.39. The van der Waals surface area contributed by atoms with E-state index in [0.29, 0.717) is 11.6 Å². The van der Waals surface area contributed by atoms with E-state index in [1.165, 1.54) is 54.4 Å². The molecule has 1 aliphatic rings. The number of hydrogen-bond acceptors (Lipinski definition) is 3. The fourth-order valence-corrected chi connectivity index (χ4v) is 8.09. The van der Waals surface area contributed by atoms with Gasteiger partial charge >= 0.3 is 0 Å². The van der Waals surface area contributed by atoms with Gasteiger partial charge in [0.25, 0.3) is 0 Å². The summed E-state index contributed by atoms with van der Waals surface area (Å²) in [4.78, 5) is 15.9. The first-order chi connectivity index (χ1) is 26.0. The number of benzene rings is 5. The van der Waals surface area contributed by atoms with Gasteiger partial charge in [0.05, 0.1) is 27.9 Å². The Morgan fingerprint density at radius 1 is 0.537 bits per heavy atom. The Kier molecular flexibility index (Phi) is 7.97. The van der Waals surface area contributed by atoms with Crippen LogP contribution in [0, 0.1) is 0 Å². The second kappa shape index (κ2) is 12.7. The van der Waals surface area contributed by atoms with Gasteiger partial charge in [-0.2, -0.15) is 0 Å². The summed E-state index contributed by atoms with van der Waals surface area (Å²) in [5.74, 6) is 2.10. The van der Waals surface area contributed by atoms with Gasteiger partial charge < -0.3 is 9.13 Å². The predicted molar refractivity (Wildman–Crippen MR) is 226 cm³/mol. The molecule has 0 saturated heterocycles. The summed E-state index contributed by atoms with van der Waals surface area (Å²) in [7, 11) is 0. The van der Waals surface area contributed by atoms with Crippen LogP contribution >= 0.6 is 0 Å². The molecule has 5 nitrogen and oxygen atoms in total. The lowest BCUT2D eigenvalue weighted by Gasteiger charge is -2.21. The Hall–Kier alpha value is -5.81. The minimum Gasteiger partial charge on any atom is -0.309 e. The molecule has 0 amide bonds. The molecule has 0 radical (unpaired) electrons. The Morgan fingerprint density at radius 3 is 1.78 bits per heavy atom. The zero-order valence-electron chi connectivity index (χ0n) is 32.4. The molecule has 0 N–H and O–H groups in total. The fraction of sp³-hybridized carbons (Fsp3) is 0.245. The monoisotopic (exact) mass is 705 g/mol. The Morgan fingerprint density at radius 2 is 1.11 bits per heavy atom. The molecule has 0 atom stereocenters. The zero-order chi connectivity index (χ0) is 37.4. The third-order valence-electron chi connectivity index (χ3n) is 11.0. The summed E-state index contributed by atoms with van der Waals surface area (Å²) < 4.78 is 4.81. The van der Waals surface area contributed by atoms with Crippen molar-refractivity contribution < 1.29 is 0 Å². The van der Waals surface area contributed by atoms with E-state index in [2.05, 4.69) is 179 Å². The SMILES string of the molecule is CCc1ccc2c(c1)c1cc(C(C)(C)C)ccc1n2-c1ccccc1-c1nc(-c2ccccc2-n2c3c(c4ccccc42)=CCCC=3)nc(C(C)(C)C)n1. The van der Waals surface area contributed by atoms with Gasteiger partial charge in [0.1, 0.15) is 5.82 Å². The molecular weight excluding hydrogens is 659 g/mol. The van der Waals surface area contributed by atoms with E-state index in [1.807, 2.05) is 0 Å². The first-order valence-corrected chi connectivity index (χ1v) is 19.3. The van der Waals surface area contributed by atoms with Crippen LogP contribution < -0.4 is 10.6 Å². The summed E-state index contributed by atoms with van der Waals surface area (Å²) in [5, 5.41) is 6.34. The lowest BCUT2D eigenvalue weighted by atomic mass is 9.86. The fourth-order valence-electron chi connectivity index (χ4n) is 8.09. The van der Waals surface area contributed by atoms with Gasteiger partial charge in [0.15, 0.2) is 11.6 Å². The van der Waals surface area contributed by atoms with E-state index in [0.717, 1.165) is 47.6 Å². The molecule has 268 valence electrons. The van der Waals surface area contributed by atoms with E-state index >= 15 is 0 Å². The van der Waals surface area contributed by atoms with Crippen molar-refractivity contribution in [3.05, 3.63) is 137 Å². The zero-order valence-corrected chi connectivity index (χ0v) is 32.4. The van der Waals surface area contributed by atoms with Gasteiger partial charge in [-0.15, -0.1) is 0 Å². The van der Waals surface area contributed by atoms with Gasteiger partial charge in [-0.3, -0.25) is 0 Å². The highest BCUT2D eigenvalue weighted by Gasteiger charge is 2.25. The summed E-state index contributed by atoms with van der Waals surface area (Å²) in [6.07, 6.45) is 7.82. The molecule has 0 fully saturated rings. The Balaban J connectivity index is 1.30. The van der Waals surface area contributed by atoms with Crippen molar-refractivity contribution in [2.75, 3.05) is 0 Å². The molecule has 0 bridgehead atoms. The van der Waals surface area contributed by atoms with E-state index < -0.39 is 0 Å². The molecule has 5 heteroatoms. The Bertz CT molecular complexity index is 2890. The van der Waals surface area contributed by atoms with Crippen LogP contribution in [0.3, 0.4) is 0 Å². The van der Waals surface area contributed by atoms with Crippen molar-refractivity contribution in [3.8, 4) is 34.2 Å². The smallest absolute Gasteiger partial charge is 0.165 e. The van der Waals surface area contributed by atoms with Crippen LogP contribution in [-0.2, 0) is 17.3 Å². The number of hydrogen-bond donors (Lipinski definition) is 0. The largest absolute Gasteiger partial charge is 0.309 e. The molecule has 3 aromatic heterocycles. The van der Waals surface area contributed by atoms with Crippen molar-refractivity contribution in [2.45, 2.75) is 78.6 Å². The molecule has 5 aromatic carbocycles. The molecule has 0 unspecified atom stereocenters. The lowest BCUT2D eigenvalue weighted by Crippen LogP contribution is -2.30. The average molecular weight is 706 g/mol. The van der Waals surface area contributed by atoms with E-state index in [1.54, 1.807) is 0 Å². The second-order valence-electron chi connectivity index (χ2n) is 16.7. The first-order valence-electron chi connectivity index (χ1n) is 19.3. The number of nitrogens with zero attached hydrogens (tertiary/aromatic N) is 5. The van der Waals surface area contributed by atoms with Crippen LogP contribution in [0.25, 0.3) is 79.0 Å². The van der Waals surface area contributed by atoms with Gasteiger partial charge in [-0.25, -0.2) is 15.0 Å². The predicted octanol–water partition coefficient (Wildman–Crippen LogP) is 10.8. The standard InChI is InChI=1S/C49H47N5/c1-8-31-25-27-43-37(29-31)38-30-32(48(2,3)4)26-28-44(38)54(43)42-24-16-12-20-36(42)46-50-45(51-47(52-46)49(5,6)7)35-19-11-15-23-41(35)53-39-21-13-9-17-33(39)34-18-10-14-22-40(34)53/h9,11-13,15-30H,8,10,14H2,1-7H3. The van der Waals surface area contributed by atoms with Gasteiger partial charge in [-0.05, 0) is 90.4 Å². The van der Waals surface area contributed by atoms with Crippen LogP contribution in [0.1, 0.15) is 78.3 Å². The normalized spacial score (nSPS) is 13.3. The van der Waals surface area contributed by atoms with Gasteiger partial charge in [0, 0.05) is 43.3 Å². The highest BCUT2D eigenvalue weighted by molar-refractivity contribution is 6.10. The first kappa shape index (κ1) is 34.0. The molecule has 8 aromatic rings. The molecule has 1 aliphatic carbocycles. The van der Waals surface area contributed by atoms with Gasteiger partial charge in [-0.1, -0.05) is 115 Å². The molecule has 54 heavy (non-hydrogen) atoms. The molecule has 0 saturated carbocycles. The van der Waals surface area contributed by atoms with Crippen molar-refractivity contribution >= 4 is 44.9 Å². The third kappa shape index (κ3) is 5.57. The lowest BCUT2D eigenvalue weighted by molar-refractivity contribution is 0.543. The number of rotatable bonds is 5. The van der Waals surface area contributed by atoms with E-state index in [-0.39, 0.29) is 10.8 Å². The summed E-state index contributed by atoms with van der Waals surface area (Å²) >= 11 is 0. The highest BCUT2D eigenvalue weighted by atomic mass is 15.1. The minimum absolute atomic E-state index is 0.0341. The van der Waals surface area contributed by atoms with Crippen molar-refractivity contribution in [1.82, 2.24) is 24.1 Å². The summed E-state index contributed by atoms with van der Waals surface area (Å²) in [6, 6.07) is 39.8. The van der Waals surface area contributed by atoms with E-state index in [4.69, 9.17) is 15.0 Å². The number of para-hydroxylation sites is 3. The van der Waals surface area contributed by atoms with E-state index in [9.17, 15) is 0 Å². The molecule has 3 heterocycles. The summed E-state index contributed by atoms with van der Waals surface area (Å²) in [6.45, 7) is 15.6. The molecule has 0 aliphatic heterocycles. The molecule has 0 spiro atoms. The third-order valence-corrected chi connectivity index (χ3v) is 11.0. The number of fused-ring (bicyclic) bond motifs is 6. The molecular formula is C49H47N5.